The Morgan fingerprint density at radius 1 is 0.429 bits per heavy atom. The lowest BCUT2D eigenvalue weighted by Crippen LogP contribution is -2.03. The van der Waals surface area contributed by atoms with Crippen LogP contribution in [0, 0.1) is 12.3 Å². The van der Waals surface area contributed by atoms with E-state index in [1.807, 2.05) is 6.08 Å². The van der Waals surface area contributed by atoms with E-state index in [2.05, 4.69) is 285 Å². The molecular formula is C72H49N5. The molecule has 0 fully saturated rings. The SMILES string of the molecule is C#C/C=C\C(=C/Cc1cc(-c2ccccc2)cc(-c2cc(-n3c4ccccc4c4ccccc43)ccc2-n2c3ccccc3c3ccccc32)n1)n1c2ccccc2c2ccccc21.c1ccc2c(c1)[nH]c1ccccc12. The molecule has 0 aliphatic heterocycles. The molecule has 0 unspecified atom stereocenters. The summed E-state index contributed by atoms with van der Waals surface area (Å²) < 4.78 is 7.12. The van der Waals surface area contributed by atoms with Gasteiger partial charge >= 0.3 is 0 Å². The Kier molecular flexibility index (Phi) is 11.2. The van der Waals surface area contributed by atoms with Crippen LogP contribution in [-0.4, -0.2) is 23.7 Å². The van der Waals surface area contributed by atoms with E-state index in [0.29, 0.717) is 6.42 Å². The fourth-order valence-electron chi connectivity index (χ4n) is 11.6. The number of hydrogen-bond acceptors (Lipinski definition) is 1. The van der Waals surface area contributed by atoms with Crippen LogP contribution in [0.1, 0.15) is 5.69 Å². The average molecular weight is 984 g/mol. The lowest BCUT2D eigenvalue weighted by Gasteiger charge is -2.18. The van der Waals surface area contributed by atoms with E-state index >= 15 is 0 Å². The highest BCUT2D eigenvalue weighted by Gasteiger charge is 2.21. The second-order valence-electron chi connectivity index (χ2n) is 19.5. The molecular weight excluding hydrogens is 935 g/mol. The molecule has 0 spiro atoms. The van der Waals surface area contributed by atoms with Gasteiger partial charge in [0.15, 0.2) is 0 Å². The summed E-state index contributed by atoms with van der Waals surface area (Å²) in [5.41, 5.74) is 17.5. The maximum Gasteiger partial charge on any atom is 0.0733 e. The van der Waals surface area contributed by atoms with Crippen molar-refractivity contribution in [2.75, 3.05) is 0 Å². The lowest BCUT2D eigenvalue weighted by molar-refractivity contribution is 1.09. The van der Waals surface area contributed by atoms with Crippen molar-refractivity contribution in [2.45, 2.75) is 6.42 Å². The molecule has 0 atom stereocenters. The van der Waals surface area contributed by atoms with E-state index in [1.54, 1.807) is 6.08 Å². The molecule has 0 saturated heterocycles. The van der Waals surface area contributed by atoms with Gasteiger partial charge in [0.05, 0.1) is 44.5 Å². The number of nitrogens with one attached hydrogen (secondary N) is 1. The largest absolute Gasteiger partial charge is 0.355 e. The van der Waals surface area contributed by atoms with E-state index in [4.69, 9.17) is 11.4 Å². The minimum Gasteiger partial charge on any atom is -0.355 e. The van der Waals surface area contributed by atoms with Crippen LogP contribution in [0.4, 0.5) is 0 Å². The molecule has 15 rings (SSSR count). The van der Waals surface area contributed by atoms with E-state index in [0.717, 1.165) is 78.3 Å². The number of benzene rings is 10. The van der Waals surface area contributed by atoms with Crippen molar-refractivity contribution < 1.29 is 0 Å². The predicted molar refractivity (Wildman–Crippen MR) is 325 cm³/mol. The van der Waals surface area contributed by atoms with Gasteiger partial charge in [0.1, 0.15) is 0 Å². The summed E-state index contributed by atoms with van der Waals surface area (Å²) in [6.07, 6.45) is 12.5. The zero-order chi connectivity index (χ0) is 51.2. The molecule has 0 saturated carbocycles. The molecule has 5 nitrogen and oxygen atoms in total. The van der Waals surface area contributed by atoms with Crippen LogP contribution < -0.4 is 0 Å². The smallest absolute Gasteiger partial charge is 0.0733 e. The van der Waals surface area contributed by atoms with Crippen LogP contribution in [0.2, 0.25) is 0 Å². The Hall–Kier alpha value is -10.4. The number of para-hydroxylation sites is 8. The molecule has 0 radical (unpaired) electrons. The third kappa shape index (κ3) is 7.87. The maximum absolute atomic E-state index is 5.87. The van der Waals surface area contributed by atoms with Gasteiger partial charge in [0.25, 0.3) is 0 Å². The monoisotopic (exact) mass is 983 g/mol. The lowest BCUT2D eigenvalue weighted by atomic mass is 9.99. The normalized spacial score (nSPS) is 12.0. The minimum absolute atomic E-state index is 0.566. The number of nitrogens with zero attached hydrogens (tertiary/aromatic N) is 4. The number of rotatable bonds is 8. The molecule has 5 heteroatoms. The van der Waals surface area contributed by atoms with Gasteiger partial charge in [-0.3, -0.25) is 4.98 Å². The number of terminal acetylenes is 1. The molecule has 0 aliphatic carbocycles. The summed E-state index contributed by atoms with van der Waals surface area (Å²) in [4.78, 5) is 9.00. The van der Waals surface area contributed by atoms with Crippen LogP contribution in [-0.2, 0) is 6.42 Å². The Morgan fingerprint density at radius 3 is 1.39 bits per heavy atom. The van der Waals surface area contributed by atoms with Crippen molar-refractivity contribution in [3.63, 3.8) is 0 Å². The highest BCUT2D eigenvalue weighted by Crippen LogP contribution is 2.40. The number of pyridine rings is 1. The topological polar surface area (TPSA) is 43.5 Å². The Bertz CT molecular complexity index is 4650. The standard InChI is InChI=1S/C60H40N4.C12H9N/c1-2-3-21-44(62-54-28-13-7-22-46(54)47-23-8-14-29-55(47)62)35-34-43-38-42(41-19-5-4-6-20-41)39-53(61-43)52-40-45(63-56-30-15-9-24-48(56)49-25-10-16-31-57(49)63)36-37-60(52)64-58-32-17-11-26-50(58)51-27-12-18-33-59(51)64;1-3-7-11-9(5-1)10-6-2-4-8-12(10)13-11/h1,3-33,35-40H,34H2;1-8,13H/b21-3-,44-35+;. The Morgan fingerprint density at radius 2 is 0.870 bits per heavy atom. The highest BCUT2D eigenvalue weighted by molar-refractivity contribution is 6.12. The van der Waals surface area contributed by atoms with Crippen molar-refractivity contribution >= 4 is 92.9 Å². The van der Waals surface area contributed by atoms with Gasteiger partial charge < -0.3 is 18.7 Å². The molecule has 0 aliphatic rings. The fourth-order valence-corrected chi connectivity index (χ4v) is 11.6. The second kappa shape index (κ2) is 19.1. The van der Waals surface area contributed by atoms with Gasteiger partial charge in [0, 0.05) is 83.2 Å². The summed E-state index contributed by atoms with van der Waals surface area (Å²) in [5.74, 6) is 2.74. The van der Waals surface area contributed by atoms with Crippen molar-refractivity contribution in [1.82, 2.24) is 23.7 Å². The number of aromatic amines is 1. The first-order valence-electron chi connectivity index (χ1n) is 26.1. The Balaban J connectivity index is 0.000000360. The molecule has 10 aromatic carbocycles. The molecule has 0 bridgehead atoms. The van der Waals surface area contributed by atoms with E-state index in [9.17, 15) is 0 Å². The van der Waals surface area contributed by atoms with Gasteiger partial charge in [-0.05, 0) is 102 Å². The summed E-state index contributed by atoms with van der Waals surface area (Å²) in [7, 11) is 0. The first kappa shape index (κ1) is 45.2. The summed E-state index contributed by atoms with van der Waals surface area (Å²) in [6.45, 7) is 0. The molecule has 362 valence electrons. The van der Waals surface area contributed by atoms with Crippen molar-refractivity contribution in [2.24, 2.45) is 0 Å². The number of hydrogen-bond donors (Lipinski definition) is 1. The molecule has 5 aromatic heterocycles. The second-order valence-corrected chi connectivity index (χ2v) is 19.5. The summed E-state index contributed by atoms with van der Waals surface area (Å²) >= 11 is 0. The molecule has 77 heavy (non-hydrogen) atoms. The van der Waals surface area contributed by atoms with Gasteiger partial charge in [-0.1, -0.05) is 188 Å². The van der Waals surface area contributed by atoms with E-state index < -0.39 is 0 Å². The third-order valence-corrected chi connectivity index (χ3v) is 15.0. The fraction of sp³-hybridized carbons (Fsp3) is 0.0139. The third-order valence-electron chi connectivity index (χ3n) is 15.0. The van der Waals surface area contributed by atoms with Gasteiger partial charge in [-0.15, -0.1) is 6.42 Å². The Labute approximate surface area is 445 Å². The first-order chi connectivity index (χ1) is 38.2. The number of aromatic nitrogens is 5. The van der Waals surface area contributed by atoms with Gasteiger partial charge in [-0.25, -0.2) is 0 Å². The average Bonchev–Trinajstić information content (AvgIpc) is 4.25. The van der Waals surface area contributed by atoms with Gasteiger partial charge in [-0.2, -0.15) is 0 Å². The highest BCUT2D eigenvalue weighted by atomic mass is 15.0. The van der Waals surface area contributed by atoms with E-state index in [1.165, 1.54) is 54.1 Å². The zero-order valence-electron chi connectivity index (χ0n) is 42.1. The first-order valence-corrected chi connectivity index (χ1v) is 26.1. The van der Waals surface area contributed by atoms with Crippen LogP contribution in [0.3, 0.4) is 0 Å². The van der Waals surface area contributed by atoms with Crippen molar-refractivity contribution in [1.29, 1.82) is 0 Å². The summed E-state index contributed by atoms with van der Waals surface area (Å²) in [5, 5.41) is 9.88. The van der Waals surface area contributed by atoms with Crippen LogP contribution in [0.25, 0.3) is 127 Å². The summed E-state index contributed by atoms with van der Waals surface area (Å²) in [6, 6.07) is 90.7. The van der Waals surface area contributed by atoms with Crippen LogP contribution in [0.5, 0.6) is 0 Å². The minimum atomic E-state index is 0.566. The predicted octanol–water partition coefficient (Wildman–Crippen LogP) is 18.3. The number of fused-ring (bicyclic) bond motifs is 12. The van der Waals surface area contributed by atoms with Crippen molar-refractivity contribution in [3.8, 4) is 46.1 Å². The number of H-pyrrole nitrogens is 1. The molecule has 15 aromatic rings. The van der Waals surface area contributed by atoms with Crippen LogP contribution in [0.15, 0.2) is 273 Å². The number of allylic oxidation sites excluding steroid dienone is 4. The van der Waals surface area contributed by atoms with Crippen LogP contribution >= 0.6 is 0 Å². The van der Waals surface area contributed by atoms with Crippen molar-refractivity contribution in [3.05, 3.63) is 279 Å². The zero-order valence-corrected chi connectivity index (χ0v) is 42.1. The maximum atomic E-state index is 5.87. The van der Waals surface area contributed by atoms with E-state index in [-0.39, 0.29) is 0 Å². The quantitative estimate of drug-likeness (QED) is 0.120. The van der Waals surface area contributed by atoms with Gasteiger partial charge in [0.2, 0.25) is 0 Å². The molecule has 0 amide bonds. The molecule has 5 heterocycles. The molecule has 1 N–H and O–H groups in total.